The summed E-state index contributed by atoms with van der Waals surface area (Å²) in [6.07, 6.45) is 2.60. The number of halogens is 3. The van der Waals surface area contributed by atoms with Gasteiger partial charge in [0, 0.05) is 31.1 Å². The number of aryl methyl sites for hydroxylation is 1. The van der Waals surface area contributed by atoms with Crippen molar-refractivity contribution in [1.82, 2.24) is 14.1 Å². The van der Waals surface area contributed by atoms with Gasteiger partial charge in [0.25, 0.3) is 11.5 Å². The average molecular weight is 607 g/mol. The molecule has 3 heterocycles. The molecule has 0 saturated carbocycles. The number of carbonyl (C=O) groups excluding carboxylic acids is 1. The smallest absolute Gasteiger partial charge is 0.335 e. The summed E-state index contributed by atoms with van der Waals surface area (Å²) in [5.74, 6) is -1.46. The van der Waals surface area contributed by atoms with Gasteiger partial charge in [-0.2, -0.15) is 0 Å². The van der Waals surface area contributed by atoms with Gasteiger partial charge in [0.05, 0.1) is 27.3 Å². The molecule has 0 unspecified atom stereocenters. The van der Waals surface area contributed by atoms with Crippen molar-refractivity contribution in [3.8, 4) is 28.7 Å². The first-order valence-electron chi connectivity index (χ1n) is 13.0. The Balaban J connectivity index is 1.33. The normalized spacial score (nSPS) is 12.3. The number of pyridine rings is 1. The van der Waals surface area contributed by atoms with Crippen molar-refractivity contribution in [2.24, 2.45) is 0 Å². The minimum Gasteiger partial charge on any atom is -0.486 e. The van der Waals surface area contributed by atoms with Crippen LogP contribution in [0.1, 0.15) is 17.3 Å². The van der Waals surface area contributed by atoms with Crippen molar-refractivity contribution in [1.29, 1.82) is 0 Å². The predicted octanol–water partition coefficient (Wildman–Crippen LogP) is 5.31. The number of aromatic nitrogens is 3. The second-order valence-corrected chi connectivity index (χ2v) is 9.75. The molecule has 0 spiro atoms. The van der Waals surface area contributed by atoms with Crippen LogP contribution >= 0.6 is 11.6 Å². The van der Waals surface area contributed by atoms with Crippen LogP contribution in [0.4, 0.5) is 14.5 Å². The summed E-state index contributed by atoms with van der Waals surface area (Å²) in [6.45, 7) is 2.48. The lowest BCUT2D eigenvalue weighted by atomic mass is 10.1. The van der Waals surface area contributed by atoms with Crippen LogP contribution in [0.2, 0.25) is 5.02 Å². The Labute approximate surface area is 246 Å². The van der Waals surface area contributed by atoms with Gasteiger partial charge in [-0.1, -0.05) is 11.6 Å². The molecule has 218 valence electrons. The van der Waals surface area contributed by atoms with E-state index in [2.05, 4.69) is 10.3 Å². The van der Waals surface area contributed by atoms with Crippen LogP contribution in [0, 0.1) is 11.6 Å². The van der Waals surface area contributed by atoms with Crippen LogP contribution in [-0.2, 0) is 6.54 Å². The maximum atomic E-state index is 15.3. The van der Waals surface area contributed by atoms with Crippen molar-refractivity contribution in [2.75, 3.05) is 18.5 Å². The first-order chi connectivity index (χ1) is 20.7. The number of anilines is 1. The number of benzene rings is 3. The maximum absolute atomic E-state index is 15.3. The van der Waals surface area contributed by atoms with Crippen molar-refractivity contribution in [3.63, 3.8) is 0 Å². The third-order valence-electron chi connectivity index (χ3n) is 6.69. The van der Waals surface area contributed by atoms with Crippen LogP contribution < -0.4 is 30.8 Å². The van der Waals surface area contributed by atoms with Crippen molar-refractivity contribution in [2.45, 2.75) is 13.5 Å². The largest absolute Gasteiger partial charge is 0.486 e. The molecule has 13 heteroatoms. The van der Waals surface area contributed by atoms with E-state index in [0.717, 1.165) is 33.5 Å². The number of ether oxygens (including phenoxy) is 3. The van der Waals surface area contributed by atoms with Crippen molar-refractivity contribution >= 4 is 34.1 Å². The lowest BCUT2D eigenvalue weighted by Crippen LogP contribution is -2.42. The molecule has 1 N–H and O–H groups in total. The van der Waals surface area contributed by atoms with Crippen LogP contribution in [0.3, 0.4) is 0 Å². The summed E-state index contributed by atoms with van der Waals surface area (Å²) in [7, 11) is 0. The highest BCUT2D eigenvalue weighted by Crippen LogP contribution is 2.43. The molecule has 6 rings (SSSR count). The quantitative estimate of drug-likeness (QED) is 0.278. The Bertz CT molecular complexity index is 2030. The average Bonchev–Trinajstić information content (AvgIpc) is 3.00. The van der Waals surface area contributed by atoms with Gasteiger partial charge in [0.1, 0.15) is 30.3 Å². The molecule has 0 radical (unpaired) electrons. The Morgan fingerprint density at radius 2 is 1.81 bits per heavy atom. The molecule has 1 aliphatic rings. The Kier molecular flexibility index (Phi) is 7.28. The fourth-order valence-electron chi connectivity index (χ4n) is 4.62. The van der Waals surface area contributed by atoms with Gasteiger partial charge in [-0.3, -0.25) is 19.1 Å². The number of hydrogen-bond acceptors (Lipinski definition) is 7. The van der Waals surface area contributed by atoms with Crippen LogP contribution in [0.25, 0.3) is 16.6 Å². The summed E-state index contributed by atoms with van der Waals surface area (Å²) < 4.78 is 48.0. The van der Waals surface area contributed by atoms with Crippen molar-refractivity contribution < 1.29 is 27.8 Å². The molecule has 43 heavy (non-hydrogen) atoms. The SMILES string of the molecule is CCn1cc(C(=O)Nc2cc(F)c(Oc3ccnc4ccc5c(c34)OCCO5)cc2Cl)c(=O)n(-c2ccc(F)cc2)c1=O. The number of nitrogens with zero attached hydrogens (tertiary/aromatic N) is 3. The molecule has 0 saturated heterocycles. The molecular formula is C30H21ClF2N4O6. The summed E-state index contributed by atoms with van der Waals surface area (Å²) >= 11 is 6.41. The van der Waals surface area contributed by atoms with Gasteiger partial charge in [0.15, 0.2) is 23.1 Å². The lowest BCUT2D eigenvalue weighted by molar-refractivity contribution is 0.102. The zero-order valence-corrected chi connectivity index (χ0v) is 23.2. The molecular weight excluding hydrogens is 586 g/mol. The number of amides is 1. The molecule has 5 aromatic rings. The molecule has 0 fully saturated rings. The second kappa shape index (κ2) is 11.2. The van der Waals surface area contributed by atoms with Crippen LogP contribution in [0.15, 0.2) is 76.6 Å². The van der Waals surface area contributed by atoms with Gasteiger partial charge in [-0.15, -0.1) is 0 Å². The maximum Gasteiger partial charge on any atom is 0.335 e. The first-order valence-corrected chi connectivity index (χ1v) is 13.4. The minimum atomic E-state index is -0.950. The molecule has 1 amide bonds. The standard InChI is InChI=1S/C30H21ClF2N4O6/c1-2-36-15-18(29(39)37(30(36)40)17-5-3-16(32)4-6-17)28(38)35-22-14-20(33)25(13-19(22)31)43-23-9-10-34-21-7-8-24-27(26(21)23)42-12-11-41-24/h3-10,13-15H,2,11-12H2,1H3,(H,35,38). The van der Waals surface area contributed by atoms with E-state index >= 15 is 4.39 Å². The van der Waals surface area contributed by atoms with E-state index in [9.17, 15) is 18.8 Å². The summed E-state index contributed by atoms with van der Waals surface area (Å²) in [5, 5.41) is 2.82. The monoisotopic (exact) mass is 606 g/mol. The second-order valence-electron chi connectivity index (χ2n) is 9.34. The van der Waals surface area contributed by atoms with E-state index in [-0.39, 0.29) is 34.4 Å². The van der Waals surface area contributed by atoms with Gasteiger partial charge in [-0.25, -0.2) is 18.1 Å². The predicted molar refractivity (Wildman–Crippen MR) is 154 cm³/mol. The van der Waals surface area contributed by atoms with E-state index in [0.29, 0.717) is 35.6 Å². The number of nitrogens with one attached hydrogen (secondary N) is 1. The number of rotatable bonds is 6. The fraction of sp³-hybridized carbons (Fsp3) is 0.133. The summed E-state index contributed by atoms with van der Waals surface area (Å²) in [6, 6.07) is 11.8. The highest BCUT2D eigenvalue weighted by molar-refractivity contribution is 6.34. The molecule has 1 aliphatic heterocycles. The zero-order valence-electron chi connectivity index (χ0n) is 22.4. The molecule has 3 aromatic carbocycles. The summed E-state index contributed by atoms with van der Waals surface area (Å²) in [4.78, 5) is 43.7. The van der Waals surface area contributed by atoms with Gasteiger partial charge < -0.3 is 19.5 Å². The Hall–Kier alpha value is -5.23. The van der Waals surface area contributed by atoms with Crippen LogP contribution in [-0.4, -0.2) is 33.2 Å². The molecule has 2 aromatic heterocycles. The van der Waals surface area contributed by atoms with Crippen LogP contribution in [0.5, 0.6) is 23.0 Å². The molecule has 0 aliphatic carbocycles. The van der Waals surface area contributed by atoms with Crippen molar-refractivity contribution in [3.05, 3.63) is 110 Å². The van der Waals surface area contributed by atoms with E-state index in [1.165, 1.54) is 24.4 Å². The van der Waals surface area contributed by atoms with Gasteiger partial charge in [-0.05, 0) is 49.4 Å². The minimum absolute atomic E-state index is 0.0701. The molecule has 0 bridgehead atoms. The number of fused-ring (bicyclic) bond motifs is 3. The Morgan fingerprint density at radius 1 is 1.05 bits per heavy atom. The lowest BCUT2D eigenvalue weighted by Gasteiger charge is -2.21. The zero-order chi connectivity index (χ0) is 30.2. The van der Waals surface area contributed by atoms with Gasteiger partial charge in [0.2, 0.25) is 0 Å². The number of carbonyl (C=O) groups is 1. The molecule has 0 atom stereocenters. The topological polar surface area (TPSA) is 114 Å². The highest BCUT2D eigenvalue weighted by atomic mass is 35.5. The third-order valence-corrected chi connectivity index (χ3v) is 7.00. The number of hydrogen-bond donors (Lipinski definition) is 1. The van der Waals surface area contributed by atoms with E-state index in [4.69, 9.17) is 25.8 Å². The van der Waals surface area contributed by atoms with E-state index in [1.807, 2.05) is 0 Å². The summed E-state index contributed by atoms with van der Waals surface area (Å²) in [5.41, 5.74) is -1.62. The molecule has 10 nitrogen and oxygen atoms in total. The van der Waals surface area contributed by atoms with E-state index in [1.54, 1.807) is 25.1 Å². The van der Waals surface area contributed by atoms with E-state index < -0.39 is 34.4 Å². The Morgan fingerprint density at radius 3 is 2.58 bits per heavy atom. The fourth-order valence-corrected chi connectivity index (χ4v) is 4.82. The highest BCUT2D eigenvalue weighted by Gasteiger charge is 2.23. The third kappa shape index (κ3) is 5.17. The van der Waals surface area contributed by atoms with Gasteiger partial charge >= 0.3 is 5.69 Å². The first kappa shape index (κ1) is 27.9.